The predicted octanol–water partition coefficient (Wildman–Crippen LogP) is 2.90. The summed E-state index contributed by atoms with van der Waals surface area (Å²) in [4.78, 5) is 44.7. The van der Waals surface area contributed by atoms with Gasteiger partial charge in [0.25, 0.3) is 11.8 Å². The molecule has 8 rings (SSSR count). The smallest absolute Gasteiger partial charge is 0.408 e. The van der Waals surface area contributed by atoms with E-state index in [1.807, 2.05) is 0 Å². The predicted molar refractivity (Wildman–Crippen MR) is 134 cm³/mol. The number of hydrogen-bond acceptors (Lipinski definition) is 6. The maximum absolute atomic E-state index is 13.3. The van der Waals surface area contributed by atoms with E-state index in [1.54, 1.807) is 30.5 Å². The number of benzene rings is 1. The Morgan fingerprint density at radius 3 is 2.57 bits per heavy atom. The number of fused-ring (bicyclic) bond motifs is 2. The maximum Gasteiger partial charge on any atom is 0.417 e. The van der Waals surface area contributed by atoms with Gasteiger partial charge in [0.1, 0.15) is 11.4 Å². The van der Waals surface area contributed by atoms with E-state index in [0.717, 1.165) is 29.2 Å². The van der Waals surface area contributed by atoms with Gasteiger partial charge < -0.3 is 15.1 Å². The highest BCUT2D eigenvalue weighted by atomic mass is 16.4. The fourth-order valence-corrected chi connectivity index (χ4v) is 7.25. The average Bonchev–Trinajstić information content (AvgIpc) is 3.50. The minimum atomic E-state index is -0.524. The Morgan fingerprint density at radius 2 is 1.78 bits per heavy atom. The number of aromatic amines is 1. The summed E-state index contributed by atoms with van der Waals surface area (Å²) in [6.07, 6.45) is 8.20. The lowest BCUT2D eigenvalue weighted by Crippen LogP contribution is -2.49. The lowest BCUT2D eigenvalue weighted by molar-refractivity contribution is -0.0347. The quantitative estimate of drug-likeness (QED) is 0.373. The molecule has 3 N–H and O–H groups in total. The second kappa shape index (κ2) is 8.57. The van der Waals surface area contributed by atoms with Crippen molar-refractivity contribution in [1.29, 1.82) is 0 Å². The van der Waals surface area contributed by atoms with Crippen LogP contribution < -0.4 is 16.4 Å². The first-order chi connectivity index (χ1) is 18.0. The molecule has 1 aromatic carbocycles. The first kappa shape index (κ1) is 22.3. The normalized spacial score (nSPS) is 26.1. The Bertz CT molecular complexity index is 1550. The average molecular weight is 501 g/mol. The van der Waals surface area contributed by atoms with E-state index in [0.29, 0.717) is 34.9 Å². The van der Waals surface area contributed by atoms with Crippen LogP contribution in [0.1, 0.15) is 58.6 Å². The molecule has 10 nitrogen and oxygen atoms in total. The molecule has 190 valence electrons. The molecule has 0 aliphatic heterocycles. The zero-order chi connectivity index (χ0) is 25.1. The molecule has 10 heteroatoms. The summed E-state index contributed by atoms with van der Waals surface area (Å²) in [7, 11) is 0. The van der Waals surface area contributed by atoms with Gasteiger partial charge >= 0.3 is 5.76 Å². The van der Waals surface area contributed by atoms with Gasteiger partial charge in [-0.05, 0) is 79.4 Å². The highest BCUT2D eigenvalue weighted by molar-refractivity contribution is 5.98. The summed E-state index contributed by atoms with van der Waals surface area (Å²) in [5.41, 5.74) is 2.68. The van der Waals surface area contributed by atoms with Crippen LogP contribution in [0.5, 0.6) is 0 Å². The summed E-state index contributed by atoms with van der Waals surface area (Å²) >= 11 is 0. The lowest BCUT2D eigenvalue weighted by atomic mass is 9.52. The van der Waals surface area contributed by atoms with Gasteiger partial charge in [-0.25, -0.2) is 14.3 Å². The Kier molecular flexibility index (Phi) is 5.16. The molecule has 4 aliphatic carbocycles. The van der Waals surface area contributed by atoms with Crippen molar-refractivity contribution in [3.63, 3.8) is 0 Å². The number of hydrogen-bond donors (Lipinski definition) is 3. The molecule has 3 heterocycles. The van der Waals surface area contributed by atoms with Gasteiger partial charge in [0, 0.05) is 25.2 Å². The number of carbonyl (C=O) groups excluding carboxylic acids is 2. The zero-order valence-electron chi connectivity index (χ0n) is 20.3. The van der Waals surface area contributed by atoms with Crippen LogP contribution in [0.25, 0.3) is 16.7 Å². The molecule has 0 unspecified atom stereocenters. The topological polar surface area (TPSA) is 134 Å². The summed E-state index contributed by atoms with van der Waals surface area (Å²) in [6.45, 7) is 0.890. The van der Waals surface area contributed by atoms with Crippen LogP contribution in [0.15, 0.2) is 45.7 Å². The SMILES string of the molecule is O=C(NCc1ccc2oc(=O)[nH]c2c1)c1cc(C(=O)NCC2C3CC4CC(C3)CC2C4)n2nccc2n1. The van der Waals surface area contributed by atoms with E-state index < -0.39 is 11.7 Å². The van der Waals surface area contributed by atoms with Crippen LogP contribution in [-0.4, -0.2) is 37.9 Å². The van der Waals surface area contributed by atoms with Crippen molar-refractivity contribution in [2.75, 3.05) is 6.54 Å². The third-order valence-corrected chi connectivity index (χ3v) is 8.68. The second-order valence-electron chi connectivity index (χ2n) is 11.0. The molecule has 0 spiro atoms. The third kappa shape index (κ3) is 4.00. The minimum absolute atomic E-state index is 0.144. The van der Waals surface area contributed by atoms with Crippen molar-refractivity contribution in [3.05, 3.63) is 64.0 Å². The highest BCUT2D eigenvalue weighted by Crippen LogP contribution is 2.56. The molecule has 4 bridgehead atoms. The van der Waals surface area contributed by atoms with Gasteiger partial charge in [-0.3, -0.25) is 14.6 Å². The molecule has 4 aromatic rings. The number of nitrogens with zero attached hydrogens (tertiary/aromatic N) is 3. The number of nitrogens with one attached hydrogen (secondary N) is 3. The molecule has 0 atom stereocenters. The van der Waals surface area contributed by atoms with Gasteiger partial charge in [-0.1, -0.05) is 6.07 Å². The number of amides is 2. The Labute approximate surface area is 211 Å². The summed E-state index contributed by atoms with van der Waals surface area (Å²) in [5, 5.41) is 10.3. The van der Waals surface area contributed by atoms with E-state index in [9.17, 15) is 14.4 Å². The van der Waals surface area contributed by atoms with E-state index in [4.69, 9.17) is 4.42 Å². The van der Waals surface area contributed by atoms with Gasteiger partial charge in [0.2, 0.25) is 0 Å². The van der Waals surface area contributed by atoms with Gasteiger partial charge in [0.15, 0.2) is 11.2 Å². The largest absolute Gasteiger partial charge is 0.417 e. The lowest BCUT2D eigenvalue weighted by Gasteiger charge is -2.54. The van der Waals surface area contributed by atoms with Gasteiger partial charge in [-0.15, -0.1) is 0 Å². The third-order valence-electron chi connectivity index (χ3n) is 8.68. The minimum Gasteiger partial charge on any atom is -0.408 e. The molecule has 0 saturated heterocycles. The highest BCUT2D eigenvalue weighted by Gasteiger charge is 2.48. The fraction of sp³-hybridized carbons (Fsp3) is 0.444. The van der Waals surface area contributed by atoms with Gasteiger partial charge in [-0.2, -0.15) is 5.10 Å². The molecule has 4 saturated carbocycles. The molecule has 37 heavy (non-hydrogen) atoms. The second-order valence-corrected chi connectivity index (χ2v) is 11.0. The Morgan fingerprint density at radius 1 is 1.00 bits per heavy atom. The van der Waals surface area contributed by atoms with Crippen LogP contribution in [0, 0.1) is 29.6 Å². The number of aromatic nitrogens is 4. The summed E-state index contributed by atoms with van der Waals surface area (Å²) in [5.74, 6) is 2.60. The van der Waals surface area contributed by atoms with Crippen LogP contribution in [0.4, 0.5) is 0 Å². The van der Waals surface area contributed by atoms with Crippen molar-refractivity contribution in [3.8, 4) is 0 Å². The molecule has 4 fully saturated rings. The number of carbonyl (C=O) groups is 2. The van der Waals surface area contributed by atoms with Crippen molar-refractivity contribution in [1.82, 2.24) is 30.2 Å². The van der Waals surface area contributed by atoms with Crippen LogP contribution in [0.3, 0.4) is 0 Å². The maximum atomic E-state index is 13.3. The monoisotopic (exact) mass is 500 g/mol. The van der Waals surface area contributed by atoms with Crippen LogP contribution in [-0.2, 0) is 6.54 Å². The van der Waals surface area contributed by atoms with Gasteiger partial charge in [0.05, 0.1) is 11.7 Å². The molecule has 0 radical (unpaired) electrons. The molecule has 3 aromatic heterocycles. The standard InChI is InChI=1S/C27H28N6O4/c34-25(28-12-14-1-2-23-20(10-14)32-27(36)37-23)21-11-22(33-24(31-21)3-4-30-33)26(35)29-13-19-17-6-15-5-16(8-17)9-18(19)7-15/h1-4,10-11,15-19H,5-9,12-13H2,(H,28,34)(H,29,35)(H,32,36). The van der Waals surface area contributed by atoms with Crippen molar-refractivity contribution >= 4 is 28.6 Å². The molecular weight excluding hydrogens is 472 g/mol. The van der Waals surface area contributed by atoms with E-state index in [2.05, 4.69) is 25.7 Å². The summed E-state index contributed by atoms with van der Waals surface area (Å²) in [6, 6.07) is 8.37. The van der Waals surface area contributed by atoms with Crippen molar-refractivity contribution in [2.24, 2.45) is 29.6 Å². The number of H-pyrrole nitrogens is 1. The van der Waals surface area contributed by atoms with Crippen molar-refractivity contribution in [2.45, 2.75) is 38.6 Å². The van der Waals surface area contributed by atoms with E-state index in [-0.39, 0.29) is 18.1 Å². The first-order valence-corrected chi connectivity index (χ1v) is 13.0. The molecular formula is C27H28N6O4. The molecule has 2 amide bonds. The fourth-order valence-electron chi connectivity index (χ4n) is 7.25. The van der Waals surface area contributed by atoms with Crippen LogP contribution in [0.2, 0.25) is 0 Å². The van der Waals surface area contributed by atoms with E-state index >= 15 is 0 Å². The van der Waals surface area contributed by atoms with Crippen LogP contribution >= 0.6 is 0 Å². The number of rotatable bonds is 6. The zero-order valence-corrected chi connectivity index (χ0v) is 20.3. The first-order valence-electron chi connectivity index (χ1n) is 13.0. The molecule has 4 aliphatic rings. The summed E-state index contributed by atoms with van der Waals surface area (Å²) < 4.78 is 6.50. The Balaban J connectivity index is 1.06. The van der Waals surface area contributed by atoms with Crippen molar-refractivity contribution < 1.29 is 14.0 Å². The van der Waals surface area contributed by atoms with E-state index in [1.165, 1.54) is 42.7 Å². The Hall–Kier alpha value is -3.95. The number of oxazole rings is 1.